The molecule has 0 fully saturated rings. The van der Waals surface area contributed by atoms with Crippen LogP contribution in [0.2, 0.25) is 0 Å². The molecule has 3 rings (SSSR count). The molecular formula is C20H22N4O2. The summed E-state index contributed by atoms with van der Waals surface area (Å²) in [6, 6.07) is 11.5. The Balaban J connectivity index is 1.57. The summed E-state index contributed by atoms with van der Waals surface area (Å²) in [5.74, 6) is 0.787. The molecule has 6 heteroatoms. The van der Waals surface area contributed by atoms with E-state index in [-0.39, 0.29) is 5.91 Å². The molecule has 0 saturated carbocycles. The van der Waals surface area contributed by atoms with Gasteiger partial charge < -0.3 is 10.1 Å². The van der Waals surface area contributed by atoms with Crippen LogP contribution in [0.15, 0.2) is 55.0 Å². The summed E-state index contributed by atoms with van der Waals surface area (Å²) >= 11 is 0. The molecule has 0 atom stereocenters. The van der Waals surface area contributed by atoms with Crippen molar-refractivity contribution in [3.63, 3.8) is 0 Å². The summed E-state index contributed by atoms with van der Waals surface area (Å²) in [6.45, 7) is 3.01. The van der Waals surface area contributed by atoms with Gasteiger partial charge in [-0.25, -0.2) is 0 Å². The number of carbonyl (C=O) groups is 1. The predicted octanol–water partition coefficient (Wildman–Crippen LogP) is 2.74. The first-order chi connectivity index (χ1) is 12.7. The van der Waals surface area contributed by atoms with Crippen LogP contribution in [0.1, 0.15) is 18.1 Å². The molecule has 26 heavy (non-hydrogen) atoms. The summed E-state index contributed by atoms with van der Waals surface area (Å²) in [7, 11) is 1.89. The molecule has 1 N–H and O–H groups in total. The van der Waals surface area contributed by atoms with E-state index in [1.807, 2.05) is 50.4 Å². The zero-order valence-electron chi connectivity index (χ0n) is 15.0. The smallest absolute Gasteiger partial charge is 0.224 e. The summed E-state index contributed by atoms with van der Waals surface area (Å²) in [5, 5.41) is 7.11. The molecule has 0 aliphatic rings. The van der Waals surface area contributed by atoms with Gasteiger partial charge in [0.15, 0.2) is 0 Å². The van der Waals surface area contributed by atoms with Gasteiger partial charge in [-0.2, -0.15) is 5.10 Å². The summed E-state index contributed by atoms with van der Waals surface area (Å²) in [5.41, 5.74) is 3.86. The van der Waals surface area contributed by atoms with Crippen LogP contribution >= 0.6 is 0 Å². The van der Waals surface area contributed by atoms with Gasteiger partial charge in [-0.1, -0.05) is 12.1 Å². The van der Waals surface area contributed by atoms with E-state index in [1.165, 1.54) is 0 Å². The van der Waals surface area contributed by atoms with E-state index in [9.17, 15) is 4.79 Å². The van der Waals surface area contributed by atoms with E-state index in [0.717, 1.165) is 28.1 Å². The van der Waals surface area contributed by atoms with Gasteiger partial charge >= 0.3 is 0 Å². The van der Waals surface area contributed by atoms with Crippen molar-refractivity contribution in [2.45, 2.75) is 19.9 Å². The second kappa shape index (κ2) is 8.29. The minimum Gasteiger partial charge on any atom is -0.494 e. The number of hydrogen-bond donors (Lipinski definition) is 1. The van der Waals surface area contributed by atoms with E-state index in [1.54, 1.807) is 23.3 Å². The van der Waals surface area contributed by atoms with Crippen LogP contribution in [0.25, 0.3) is 11.3 Å². The number of benzene rings is 1. The number of hydrogen-bond acceptors (Lipinski definition) is 4. The van der Waals surface area contributed by atoms with Crippen LogP contribution in [0, 0.1) is 0 Å². The molecular weight excluding hydrogens is 328 g/mol. The first kappa shape index (κ1) is 17.7. The average Bonchev–Trinajstić information content (AvgIpc) is 3.08. The Bertz CT molecular complexity index is 872. The highest BCUT2D eigenvalue weighted by molar-refractivity contribution is 5.78. The van der Waals surface area contributed by atoms with E-state index >= 15 is 0 Å². The Kier molecular flexibility index (Phi) is 5.63. The van der Waals surface area contributed by atoms with Crippen LogP contribution in [0.3, 0.4) is 0 Å². The molecule has 134 valence electrons. The maximum absolute atomic E-state index is 12.2. The van der Waals surface area contributed by atoms with Gasteiger partial charge in [-0.05, 0) is 42.3 Å². The molecule has 6 nitrogen and oxygen atoms in total. The third-order valence-corrected chi connectivity index (χ3v) is 4.00. The quantitative estimate of drug-likeness (QED) is 0.711. The van der Waals surface area contributed by atoms with Crippen molar-refractivity contribution in [3.05, 3.63) is 66.1 Å². The topological polar surface area (TPSA) is 69.0 Å². The number of carbonyl (C=O) groups excluding carboxylic acids is 1. The first-order valence-electron chi connectivity index (χ1n) is 8.56. The van der Waals surface area contributed by atoms with Crippen LogP contribution in [-0.4, -0.2) is 27.3 Å². The van der Waals surface area contributed by atoms with Gasteiger partial charge in [0.05, 0.1) is 18.7 Å². The summed E-state index contributed by atoms with van der Waals surface area (Å²) in [4.78, 5) is 16.5. The zero-order chi connectivity index (χ0) is 18.4. The molecule has 0 saturated heterocycles. The lowest BCUT2D eigenvalue weighted by atomic mass is 10.1. The molecule has 0 spiro atoms. The molecule has 3 aromatic rings. The highest BCUT2D eigenvalue weighted by Gasteiger charge is 2.07. The standard InChI is InChI=1S/C20H22N4O2/c1-3-26-18-6-4-15(5-7-18)11-20(25)22-13-16-10-17(14-21-12-16)19-8-9-23-24(19)2/h4-10,12,14H,3,11,13H2,1-2H3,(H,22,25). The van der Waals surface area contributed by atoms with Gasteiger partial charge in [-0.15, -0.1) is 0 Å². The van der Waals surface area contributed by atoms with Crippen LogP contribution in [0.5, 0.6) is 5.75 Å². The molecule has 0 bridgehead atoms. The minimum atomic E-state index is -0.0277. The van der Waals surface area contributed by atoms with Gasteiger partial charge in [0.25, 0.3) is 0 Å². The average molecular weight is 350 g/mol. The first-order valence-corrected chi connectivity index (χ1v) is 8.56. The van der Waals surface area contributed by atoms with Gasteiger partial charge in [0.1, 0.15) is 5.75 Å². The number of nitrogens with zero attached hydrogens (tertiary/aromatic N) is 3. The van der Waals surface area contributed by atoms with Gasteiger partial charge in [0, 0.05) is 37.7 Å². The molecule has 0 unspecified atom stereocenters. The Morgan fingerprint density at radius 1 is 1.15 bits per heavy atom. The number of pyridine rings is 1. The zero-order valence-corrected chi connectivity index (χ0v) is 15.0. The lowest BCUT2D eigenvalue weighted by molar-refractivity contribution is -0.120. The van der Waals surface area contributed by atoms with Crippen molar-refractivity contribution < 1.29 is 9.53 Å². The van der Waals surface area contributed by atoms with E-state index < -0.39 is 0 Å². The Hall–Kier alpha value is -3.15. The van der Waals surface area contributed by atoms with Crippen molar-refractivity contribution in [2.24, 2.45) is 7.05 Å². The van der Waals surface area contributed by atoms with Gasteiger partial charge in [-0.3, -0.25) is 14.5 Å². The molecule has 1 amide bonds. The molecule has 2 aromatic heterocycles. The highest BCUT2D eigenvalue weighted by Crippen LogP contribution is 2.18. The second-order valence-electron chi connectivity index (χ2n) is 5.95. The number of aromatic nitrogens is 3. The third-order valence-electron chi connectivity index (χ3n) is 4.00. The van der Waals surface area contributed by atoms with Crippen molar-refractivity contribution in [2.75, 3.05) is 6.61 Å². The number of ether oxygens (including phenoxy) is 1. The largest absolute Gasteiger partial charge is 0.494 e. The van der Waals surface area contributed by atoms with Crippen molar-refractivity contribution >= 4 is 5.91 Å². The molecule has 2 heterocycles. The molecule has 0 radical (unpaired) electrons. The molecule has 0 aliphatic carbocycles. The number of aryl methyl sites for hydroxylation is 1. The van der Waals surface area contributed by atoms with Crippen LogP contribution in [-0.2, 0) is 24.8 Å². The Morgan fingerprint density at radius 2 is 1.96 bits per heavy atom. The Labute approximate surface area is 152 Å². The highest BCUT2D eigenvalue weighted by atomic mass is 16.5. The van der Waals surface area contributed by atoms with Crippen LogP contribution in [0.4, 0.5) is 0 Å². The summed E-state index contributed by atoms with van der Waals surface area (Å²) in [6.07, 6.45) is 5.64. The summed E-state index contributed by atoms with van der Waals surface area (Å²) < 4.78 is 7.20. The van der Waals surface area contributed by atoms with E-state index in [4.69, 9.17) is 4.74 Å². The normalized spacial score (nSPS) is 10.5. The SMILES string of the molecule is CCOc1ccc(CC(=O)NCc2cncc(-c3ccnn3C)c2)cc1. The number of rotatable bonds is 7. The van der Waals surface area contributed by atoms with E-state index in [0.29, 0.717) is 19.6 Å². The van der Waals surface area contributed by atoms with Crippen LogP contribution < -0.4 is 10.1 Å². The van der Waals surface area contributed by atoms with Crippen molar-refractivity contribution in [1.82, 2.24) is 20.1 Å². The fourth-order valence-electron chi connectivity index (χ4n) is 2.70. The lowest BCUT2D eigenvalue weighted by Crippen LogP contribution is -2.24. The van der Waals surface area contributed by atoms with Gasteiger partial charge in [0.2, 0.25) is 5.91 Å². The monoisotopic (exact) mass is 350 g/mol. The predicted molar refractivity (Wildman–Crippen MR) is 99.6 cm³/mol. The fourth-order valence-corrected chi connectivity index (χ4v) is 2.70. The second-order valence-corrected chi connectivity index (χ2v) is 5.95. The maximum Gasteiger partial charge on any atom is 0.224 e. The third kappa shape index (κ3) is 4.47. The Morgan fingerprint density at radius 3 is 2.65 bits per heavy atom. The lowest BCUT2D eigenvalue weighted by Gasteiger charge is -2.08. The van der Waals surface area contributed by atoms with E-state index in [2.05, 4.69) is 15.4 Å². The minimum absolute atomic E-state index is 0.0277. The molecule has 0 aliphatic heterocycles. The number of amides is 1. The fraction of sp³-hybridized carbons (Fsp3) is 0.250. The van der Waals surface area contributed by atoms with Crippen molar-refractivity contribution in [3.8, 4) is 17.0 Å². The maximum atomic E-state index is 12.2. The molecule has 1 aromatic carbocycles. The number of nitrogens with one attached hydrogen (secondary N) is 1. The van der Waals surface area contributed by atoms with Crippen molar-refractivity contribution in [1.29, 1.82) is 0 Å².